The van der Waals surface area contributed by atoms with Gasteiger partial charge in [-0.05, 0) is 48.5 Å². The van der Waals surface area contributed by atoms with Crippen LogP contribution < -0.4 is 5.43 Å². The summed E-state index contributed by atoms with van der Waals surface area (Å²) in [6, 6.07) is 18.2. The van der Waals surface area contributed by atoms with Gasteiger partial charge in [0.25, 0.3) is 5.91 Å². The molecule has 2 aromatic heterocycles. The van der Waals surface area contributed by atoms with Crippen LogP contribution in [0.5, 0.6) is 5.75 Å². The Balaban J connectivity index is 1.51. The number of para-hydroxylation sites is 1. The van der Waals surface area contributed by atoms with Crippen molar-refractivity contribution in [2.24, 2.45) is 5.10 Å². The molecule has 0 bridgehead atoms. The van der Waals surface area contributed by atoms with Gasteiger partial charge in [-0.1, -0.05) is 39.8 Å². The van der Waals surface area contributed by atoms with Crippen molar-refractivity contribution >= 4 is 39.8 Å². The number of hydrogen-bond acceptors (Lipinski definition) is 7. The Hall–Kier alpha value is -3.50. The Labute approximate surface area is 196 Å². The molecule has 160 valence electrons. The van der Waals surface area contributed by atoms with Crippen LogP contribution in [0, 0.1) is 0 Å². The maximum atomic E-state index is 12.3. The minimum absolute atomic E-state index is 0.0864. The normalized spacial score (nSPS) is 11.0. The Morgan fingerprint density at radius 3 is 2.59 bits per heavy atom. The third kappa shape index (κ3) is 5.21. The van der Waals surface area contributed by atoms with Crippen molar-refractivity contribution in [3.05, 3.63) is 83.1 Å². The van der Waals surface area contributed by atoms with Crippen molar-refractivity contribution in [2.45, 2.75) is 5.16 Å². The Kier molecular flexibility index (Phi) is 6.93. The molecule has 0 atom stereocenters. The average Bonchev–Trinajstić information content (AvgIpc) is 3.24. The van der Waals surface area contributed by atoms with Crippen LogP contribution in [-0.4, -0.2) is 42.7 Å². The summed E-state index contributed by atoms with van der Waals surface area (Å²) in [6.07, 6.45) is 4.78. The molecule has 1 amide bonds. The lowest BCUT2D eigenvalue weighted by atomic mass is 10.2. The van der Waals surface area contributed by atoms with Gasteiger partial charge in [0.2, 0.25) is 0 Å². The van der Waals surface area contributed by atoms with Crippen LogP contribution in [0.3, 0.4) is 0 Å². The first-order valence-electron chi connectivity index (χ1n) is 9.46. The zero-order valence-corrected chi connectivity index (χ0v) is 19.0. The van der Waals surface area contributed by atoms with Gasteiger partial charge in [-0.15, -0.1) is 10.2 Å². The van der Waals surface area contributed by atoms with Gasteiger partial charge in [-0.3, -0.25) is 14.3 Å². The first-order valence-corrected chi connectivity index (χ1v) is 11.2. The van der Waals surface area contributed by atoms with E-state index in [1.54, 1.807) is 36.7 Å². The molecule has 8 nitrogen and oxygen atoms in total. The Bertz CT molecular complexity index is 1250. The molecule has 0 spiro atoms. The van der Waals surface area contributed by atoms with Crippen molar-refractivity contribution < 1.29 is 9.90 Å². The van der Waals surface area contributed by atoms with E-state index in [1.807, 2.05) is 41.0 Å². The number of halogens is 1. The van der Waals surface area contributed by atoms with Crippen LogP contribution in [-0.2, 0) is 4.79 Å². The summed E-state index contributed by atoms with van der Waals surface area (Å²) < 4.78 is 2.85. The van der Waals surface area contributed by atoms with Gasteiger partial charge < -0.3 is 5.11 Å². The maximum Gasteiger partial charge on any atom is 0.250 e. The number of nitrogens with one attached hydrogen (secondary N) is 1. The van der Waals surface area contributed by atoms with Crippen molar-refractivity contribution in [3.63, 3.8) is 0 Å². The molecule has 0 aliphatic carbocycles. The molecule has 10 heteroatoms. The number of thioether (sulfide) groups is 1. The molecular formula is C22H17BrN6O2S. The number of hydrogen-bond donors (Lipinski definition) is 2. The highest BCUT2D eigenvalue weighted by molar-refractivity contribution is 9.10. The van der Waals surface area contributed by atoms with Crippen molar-refractivity contribution in [2.75, 3.05) is 5.75 Å². The topological polar surface area (TPSA) is 105 Å². The molecule has 32 heavy (non-hydrogen) atoms. The van der Waals surface area contributed by atoms with E-state index < -0.39 is 0 Å². The van der Waals surface area contributed by atoms with Crippen LogP contribution in [0.25, 0.3) is 17.1 Å². The van der Waals surface area contributed by atoms with E-state index in [1.165, 1.54) is 18.0 Å². The Morgan fingerprint density at radius 1 is 1.09 bits per heavy atom. The monoisotopic (exact) mass is 508 g/mol. The fraction of sp³-hybridized carbons (Fsp3) is 0.0455. The molecule has 0 aliphatic heterocycles. The lowest BCUT2D eigenvalue weighted by Crippen LogP contribution is -2.20. The van der Waals surface area contributed by atoms with E-state index in [0.29, 0.717) is 16.5 Å². The highest BCUT2D eigenvalue weighted by atomic mass is 79.9. The second kappa shape index (κ2) is 10.2. The SMILES string of the molecule is O=C(CSc1nnc(-c2ccncc2)n1-c1ccc(Br)cc1)NN=Cc1ccccc1O. The van der Waals surface area contributed by atoms with Gasteiger partial charge >= 0.3 is 0 Å². The molecule has 0 saturated carbocycles. The molecular weight excluding hydrogens is 492 g/mol. The molecule has 0 aliphatic rings. The largest absolute Gasteiger partial charge is 0.507 e. The van der Waals surface area contributed by atoms with Gasteiger partial charge in [0.05, 0.1) is 12.0 Å². The molecule has 2 heterocycles. The number of benzene rings is 2. The Morgan fingerprint density at radius 2 is 1.84 bits per heavy atom. The van der Waals surface area contributed by atoms with E-state index in [9.17, 15) is 9.90 Å². The minimum atomic E-state index is -0.308. The molecule has 0 unspecified atom stereocenters. The number of aromatic hydroxyl groups is 1. The van der Waals surface area contributed by atoms with Gasteiger partial charge in [0, 0.05) is 33.7 Å². The van der Waals surface area contributed by atoms with Crippen LogP contribution >= 0.6 is 27.7 Å². The molecule has 0 fully saturated rings. The lowest BCUT2D eigenvalue weighted by Gasteiger charge is -2.10. The minimum Gasteiger partial charge on any atom is -0.507 e. The number of carbonyl (C=O) groups is 1. The fourth-order valence-electron chi connectivity index (χ4n) is 2.81. The number of phenols is 1. The number of aromatic nitrogens is 4. The molecule has 2 aromatic carbocycles. The third-order valence-corrected chi connectivity index (χ3v) is 5.78. The highest BCUT2D eigenvalue weighted by Crippen LogP contribution is 2.28. The van der Waals surface area contributed by atoms with Gasteiger partial charge in [-0.25, -0.2) is 5.43 Å². The van der Waals surface area contributed by atoms with Crippen molar-refractivity contribution in [3.8, 4) is 22.8 Å². The molecule has 2 N–H and O–H groups in total. The molecule has 4 rings (SSSR count). The average molecular weight is 509 g/mol. The summed E-state index contributed by atoms with van der Waals surface area (Å²) in [5.41, 5.74) is 4.70. The summed E-state index contributed by atoms with van der Waals surface area (Å²) in [5.74, 6) is 0.516. The number of amides is 1. The third-order valence-electron chi connectivity index (χ3n) is 4.32. The maximum absolute atomic E-state index is 12.3. The zero-order valence-electron chi connectivity index (χ0n) is 16.6. The molecule has 4 aromatic rings. The van der Waals surface area contributed by atoms with Crippen LogP contribution in [0.2, 0.25) is 0 Å². The van der Waals surface area contributed by atoms with E-state index in [-0.39, 0.29) is 17.4 Å². The lowest BCUT2D eigenvalue weighted by molar-refractivity contribution is -0.118. The molecule has 0 saturated heterocycles. The smallest absolute Gasteiger partial charge is 0.250 e. The number of nitrogens with zero attached hydrogens (tertiary/aromatic N) is 5. The standard InChI is InChI=1S/C22H17BrN6O2S/c23-17-5-7-18(8-6-17)29-21(15-9-11-24-12-10-15)27-28-22(29)32-14-20(31)26-25-13-16-3-1-2-4-19(16)30/h1-13,30H,14H2,(H,26,31). The predicted molar refractivity (Wildman–Crippen MR) is 127 cm³/mol. The number of hydrazone groups is 1. The first kappa shape index (κ1) is 21.7. The summed E-state index contributed by atoms with van der Waals surface area (Å²) in [6.45, 7) is 0. The number of pyridine rings is 1. The second-order valence-corrected chi connectivity index (χ2v) is 8.35. The summed E-state index contributed by atoms with van der Waals surface area (Å²) >= 11 is 4.70. The van der Waals surface area contributed by atoms with Crippen LogP contribution in [0.4, 0.5) is 0 Å². The van der Waals surface area contributed by atoms with Gasteiger partial charge in [0.1, 0.15) is 5.75 Å². The van der Waals surface area contributed by atoms with Crippen molar-refractivity contribution in [1.82, 2.24) is 25.2 Å². The number of carbonyl (C=O) groups excluding carboxylic acids is 1. The number of rotatable bonds is 7. The van der Waals surface area contributed by atoms with Gasteiger partial charge in [0.15, 0.2) is 11.0 Å². The van der Waals surface area contributed by atoms with Crippen LogP contribution in [0.1, 0.15) is 5.56 Å². The van der Waals surface area contributed by atoms with E-state index in [2.05, 4.69) is 41.6 Å². The highest BCUT2D eigenvalue weighted by Gasteiger charge is 2.17. The van der Waals surface area contributed by atoms with Crippen LogP contribution in [0.15, 0.2) is 87.8 Å². The second-order valence-electron chi connectivity index (χ2n) is 6.49. The van der Waals surface area contributed by atoms with Crippen molar-refractivity contribution in [1.29, 1.82) is 0 Å². The predicted octanol–water partition coefficient (Wildman–Crippen LogP) is 4.04. The zero-order chi connectivity index (χ0) is 22.3. The fourth-order valence-corrected chi connectivity index (χ4v) is 3.82. The summed E-state index contributed by atoms with van der Waals surface area (Å²) in [5, 5.41) is 22.9. The van der Waals surface area contributed by atoms with E-state index in [4.69, 9.17) is 0 Å². The number of phenolic OH excluding ortho intramolecular Hbond substituents is 1. The summed E-state index contributed by atoms with van der Waals surface area (Å²) in [4.78, 5) is 16.3. The van der Waals surface area contributed by atoms with Gasteiger partial charge in [-0.2, -0.15) is 5.10 Å². The molecule has 0 radical (unpaired) electrons. The summed E-state index contributed by atoms with van der Waals surface area (Å²) in [7, 11) is 0. The van der Waals surface area contributed by atoms with E-state index >= 15 is 0 Å². The first-order chi connectivity index (χ1) is 15.6. The van der Waals surface area contributed by atoms with E-state index in [0.717, 1.165) is 15.7 Å². The quantitative estimate of drug-likeness (QED) is 0.221.